The van der Waals surface area contributed by atoms with Crippen LogP contribution in [0, 0.1) is 0 Å². The molecule has 1 heterocycles. The number of rotatable bonds is 3. The van der Waals surface area contributed by atoms with Crippen LogP contribution in [0.15, 0.2) is 30.3 Å². The molecule has 0 aromatic heterocycles. The van der Waals surface area contributed by atoms with Gasteiger partial charge in [0.1, 0.15) is 0 Å². The van der Waals surface area contributed by atoms with E-state index in [9.17, 15) is 8.42 Å². The van der Waals surface area contributed by atoms with Gasteiger partial charge in [-0.25, -0.2) is 13.6 Å². The molecule has 1 atom stereocenters. The molecule has 1 aliphatic heterocycles. The lowest BCUT2D eigenvalue weighted by Gasteiger charge is -2.34. The second kappa shape index (κ2) is 4.73. The number of sulfonamides is 1. The first kappa shape index (κ1) is 12.5. The molecule has 0 bridgehead atoms. The highest BCUT2D eigenvalue weighted by Crippen LogP contribution is 2.25. The predicted molar refractivity (Wildman–Crippen MR) is 62.8 cm³/mol. The van der Waals surface area contributed by atoms with Crippen molar-refractivity contribution in [2.45, 2.75) is 11.4 Å². The zero-order valence-electron chi connectivity index (χ0n) is 9.33. The third kappa shape index (κ3) is 2.66. The van der Waals surface area contributed by atoms with Gasteiger partial charge in [-0.3, -0.25) is 0 Å². The smallest absolute Gasteiger partial charge is 0.241 e. The summed E-state index contributed by atoms with van der Waals surface area (Å²) >= 11 is 0. The molecule has 5 nitrogen and oxygen atoms in total. The lowest BCUT2D eigenvalue weighted by molar-refractivity contribution is -0.111. The number of hydrogen-bond acceptors (Lipinski definition) is 4. The Labute approximate surface area is 101 Å². The zero-order valence-corrected chi connectivity index (χ0v) is 10.2. The van der Waals surface area contributed by atoms with Gasteiger partial charge in [0.2, 0.25) is 15.0 Å². The van der Waals surface area contributed by atoms with Crippen molar-refractivity contribution >= 4 is 10.0 Å². The van der Waals surface area contributed by atoms with E-state index in [1.54, 1.807) is 0 Å². The monoisotopic (exact) mass is 257 g/mol. The van der Waals surface area contributed by atoms with Gasteiger partial charge in [-0.15, -0.1) is 0 Å². The van der Waals surface area contributed by atoms with Crippen LogP contribution in [0.2, 0.25) is 0 Å². The highest BCUT2D eigenvalue weighted by atomic mass is 32.2. The third-order valence-corrected chi connectivity index (χ3v) is 4.17. The molecule has 1 aliphatic rings. The van der Waals surface area contributed by atoms with Gasteiger partial charge in [0.25, 0.3) is 0 Å². The van der Waals surface area contributed by atoms with Crippen molar-refractivity contribution in [2.24, 2.45) is 5.14 Å². The summed E-state index contributed by atoms with van der Waals surface area (Å²) in [7, 11) is -3.83. The molecular weight excluding hydrogens is 242 g/mol. The average molecular weight is 257 g/mol. The highest BCUT2D eigenvalue weighted by Gasteiger charge is 2.45. The second-order valence-electron chi connectivity index (χ2n) is 4.02. The molecule has 0 radical (unpaired) electrons. The van der Waals surface area contributed by atoms with Gasteiger partial charge in [0.15, 0.2) is 0 Å². The van der Waals surface area contributed by atoms with E-state index in [4.69, 9.17) is 14.6 Å². The number of primary sulfonamides is 1. The van der Waals surface area contributed by atoms with Crippen LogP contribution in [0.4, 0.5) is 0 Å². The molecule has 6 heteroatoms. The van der Waals surface area contributed by atoms with Gasteiger partial charge in [0, 0.05) is 6.42 Å². The SMILES string of the molecule is NS(=O)(=O)C1(Cc2ccccc2)COCCO1. The van der Waals surface area contributed by atoms with Crippen LogP contribution in [-0.4, -0.2) is 33.2 Å². The molecule has 1 aromatic rings. The maximum Gasteiger partial charge on any atom is 0.241 e. The summed E-state index contributed by atoms with van der Waals surface area (Å²) in [5, 5.41) is 5.26. The van der Waals surface area contributed by atoms with Gasteiger partial charge in [0.05, 0.1) is 19.8 Å². The van der Waals surface area contributed by atoms with Crippen LogP contribution in [0.1, 0.15) is 5.56 Å². The summed E-state index contributed by atoms with van der Waals surface area (Å²) in [6.07, 6.45) is 0.201. The van der Waals surface area contributed by atoms with E-state index < -0.39 is 15.0 Å². The number of ether oxygens (including phenoxy) is 2. The Morgan fingerprint density at radius 3 is 2.47 bits per heavy atom. The van der Waals surface area contributed by atoms with E-state index in [-0.39, 0.29) is 19.6 Å². The van der Waals surface area contributed by atoms with Crippen molar-refractivity contribution < 1.29 is 17.9 Å². The quantitative estimate of drug-likeness (QED) is 0.842. The molecule has 1 fully saturated rings. The van der Waals surface area contributed by atoms with E-state index >= 15 is 0 Å². The number of nitrogens with two attached hydrogens (primary N) is 1. The van der Waals surface area contributed by atoms with Crippen LogP contribution in [0.3, 0.4) is 0 Å². The fourth-order valence-corrected chi connectivity index (χ4v) is 2.69. The molecule has 2 rings (SSSR count). The van der Waals surface area contributed by atoms with E-state index in [1.807, 2.05) is 30.3 Å². The molecule has 0 amide bonds. The Bertz CT molecular complexity index is 466. The van der Waals surface area contributed by atoms with E-state index in [1.165, 1.54) is 0 Å². The Hall–Kier alpha value is -0.950. The summed E-state index contributed by atoms with van der Waals surface area (Å²) in [6, 6.07) is 9.23. The maximum absolute atomic E-state index is 11.7. The lowest BCUT2D eigenvalue weighted by atomic mass is 10.1. The van der Waals surface area contributed by atoms with Crippen molar-refractivity contribution in [2.75, 3.05) is 19.8 Å². The fourth-order valence-electron chi connectivity index (χ4n) is 1.83. The third-order valence-electron chi connectivity index (χ3n) is 2.75. The minimum atomic E-state index is -3.83. The van der Waals surface area contributed by atoms with Crippen LogP contribution >= 0.6 is 0 Å². The minimum Gasteiger partial charge on any atom is -0.375 e. The Morgan fingerprint density at radius 2 is 1.94 bits per heavy atom. The normalized spacial score (nSPS) is 25.7. The topological polar surface area (TPSA) is 78.6 Å². The lowest BCUT2D eigenvalue weighted by Crippen LogP contribution is -2.54. The van der Waals surface area contributed by atoms with Crippen molar-refractivity contribution in [1.82, 2.24) is 0 Å². The van der Waals surface area contributed by atoms with Crippen LogP contribution in [0.5, 0.6) is 0 Å². The molecule has 17 heavy (non-hydrogen) atoms. The highest BCUT2D eigenvalue weighted by molar-refractivity contribution is 7.90. The predicted octanol–water partition coefficient (Wildman–Crippen LogP) is 0.261. The largest absolute Gasteiger partial charge is 0.375 e. The summed E-state index contributed by atoms with van der Waals surface area (Å²) in [5.74, 6) is 0. The first-order valence-electron chi connectivity index (χ1n) is 5.31. The van der Waals surface area contributed by atoms with Gasteiger partial charge < -0.3 is 9.47 Å². The van der Waals surface area contributed by atoms with E-state index in [0.29, 0.717) is 6.61 Å². The molecule has 1 saturated heterocycles. The summed E-state index contributed by atoms with van der Waals surface area (Å²) in [6.45, 7) is 0.607. The maximum atomic E-state index is 11.7. The first-order valence-corrected chi connectivity index (χ1v) is 6.86. The standard InChI is InChI=1S/C11H15NO4S/c12-17(13,14)11(9-15-6-7-16-11)8-10-4-2-1-3-5-10/h1-5H,6-9H2,(H2,12,13,14). The van der Waals surface area contributed by atoms with Crippen molar-refractivity contribution in [3.63, 3.8) is 0 Å². The zero-order chi connectivity index (χ0) is 12.4. The molecular formula is C11H15NO4S. The Morgan fingerprint density at radius 1 is 1.24 bits per heavy atom. The number of hydrogen-bond donors (Lipinski definition) is 1. The summed E-state index contributed by atoms with van der Waals surface area (Å²) in [4.78, 5) is -1.45. The van der Waals surface area contributed by atoms with Crippen LogP contribution < -0.4 is 5.14 Å². The Kier molecular flexibility index (Phi) is 3.48. The average Bonchev–Trinajstić information content (AvgIpc) is 2.30. The molecule has 0 saturated carbocycles. The fraction of sp³-hybridized carbons (Fsp3) is 0.455. The van der Waals surface area contributed by atoms with Gasteiger partial charge in [-0.05, 0) is 5.56 Å². The van der Waals surface area contributed by atoms with Gasteiger partial charge in [-0.1, -0.05) is 30.3 Å². The molecule has 1 aromatic carbocycles. The first-order chi connectivity index (χ1) is 8.04. The molecule has 0 aliphatic carbocycles. The van der Waals surface area contributed by atoms with Crippen molar-refractivity contribution in [3.8, 4) is 0 Å². The van der Waals surface area contributed by atoms with E-state index in [2.05, 4.69) is 0 Å². The summed E-state index contributed by atoms with van der Waals surface area (Å²) < 4.78 is 34.0. The molecule has 1 unspecified atom stereocenters. The molecule has 94 valence electrons. The minimum absolute atomic E-state index is 0.0271. The van der Waals surface area contributed by atoms with Gasteiger partial charge in [-0.2, -0.15) is 0 Å². The molecule has 0 spiro atoms. The second-order valence-corrected chi connectivity index (χ2v) is 5.85. The molecule has 2 N–H and O–H groups in total. The van der Waals surface area contributed by atoms with Crippen molar-refractivity contribution in [3.05, 3.63) is 35.9 Å². The van der Waals surface area contributed by atoms with E-state index in [0.717, 1.165) is 5.56 Å². The van der Waals surface area contributed by atoms with Crippen LogP contribution in [-0.2, 0) is 25.9 Å². The Balaban J connectivity index is 2.29. The van der Waals surface area contributed by atoms with Crippen LogP contribution in [0.25, 0.3) is 0 Å². The van der Waals surface area contributed by atoms with Gasteiger partial charge >= 0.3 is 0 Å². The van der Waals surface area contributed by atoms with Crippen molar-refractivity contribution in [1.29, 1.82) is 0 Å². The number of benzene rings is 1. The summed E-state index contributed by atoms with van der Waals surface area (Å²) in [5.41, 5.74) is 0.854.